The first kappa shape index (κ1) is 9.97. The first-order chi connectivity index (χ1) is 7.19. The number of hydrogen-bond donors (Lipinski definition) is 1. The molecule has 1 aromatic carbocycles. The van der Waals surface area contributed by atoms with E-state index in [-0.39, 0.29) is 0 Å². The smallest absolute Gasteiger partial charge is 0.104 e. The summed E-state index contributed by atoms with van der Waals surface area (Å²) in [5, 5.41) is 0. The van der Waals surface area contributed by atoms with Gasteiger partial charge in [-0.1, -0.05) is 25.1 Å². The lowest BCUT2D eigenvalue weighted by Gasteiger charge is -2.02. The summed E-state index contributed by atoms with van der Waals surface area (Å²) in [7, 11) is 0. The van der Waals surface area contributed by atoms with Crippen LogP contribution in [0.3, 0.4) is 0 Å². The maximum absolute atomic E-state index is 4.42. The zero-order valence-electron chi connectivity index (χ0n) is 9.30. The molecule has 0 fully saturated rings. The number of allylic oxidation sites excluding steroid dienone is 1. The maximum Gasteiger partial charge on any atom is 0.104 e. The molecule has 0 saturated carbocycles. The molecule has 1 aromatic heterocycles. The Morgan fingerprint density at radius 1 is 1.47 bits per heavy atom. The van der Waals surface area contributed by atoms with E-state index in [4.69, 9.17) is 0 Å². The Labute approximate surface area is 90.0 Å². The number of rotatable bonds is 3. The lowest BCUT2D eigenvalue weighted by molar-refractivity contribution is 1.01. The Morgan fingerprint density at radius 3 is 3.00 bits per heavy atom. The van der Waals surface area contributed by atoms with Gasteiger partial charge in [-0.05, 0) is 37.5 Å². The van der Waals surface area contributed by atoms with Crippen molar-refractivity contribution in [3.05, 3.63) is 41.7 Å². The molecule has 0 aliphatic rings. The molecular formula is C13H16N2. The average molecular weight is 200 g/mol. The van der Waals surface area contributed by atoms with Crippen LogP contribution in [0.2, 0.25) is 0 Å². The van der Waals surface area contributed by atoms with E-state index in [1.165, 1.54) is 11.1 Å². The number of nitrogens with one attached hydrogen (secondary N) is 1. The van der Waals surface area contributed by atoms with Gasteiger partial charge in [-0.15, -0.1) is 0 Å². The van der Waals surface area contributed by atoms with E-state index in [0.29, 0.717) is 0 Å². The normalized spacial score (nSPS) is 10.8. The fourth-order valence-electron chi connectivity index (χ4n) is 1.70. The Morgan fingerprint density at radius 2 is 2.27 bits per heavy atom. The summed E-state index contributed by atoms with van der Waals surface area (Å²) in [5.74, 6) is 0.969. The average Bonchev–Trinajstić information content (AvgIpc) is 2.57. The largest absolute Gasteiger partial charge is 0.342 e. The van der Waals surface area contributed by atoms with Crippen LogP contribution in [0.15, 0.2) is 30.4 Å². The number of fused-ring (bicyclic) bond motifs is 1. The van der Waals surface area contributed by atoms with Gasteiger partial charge >= 0.3 is 0 Å². The Kier molecular flexibility index (Phi) is 2.58. The maximum atomic E-state index is 4.42. The minimum atomic E-state index is 0.957. The molecule has 0 amide bonds. The van der Waals surface area contributed by atoms with E-state index < -0.39 is 0 Å². The van der Waals surface area contributed by atoms with Gasteiger partial charge in [0.15, 0.2) is 0 Å². The van der Waals surface area contributed by atoms with Gasteiger partial charge in [0.25, 0.3) is 0 Å². The molecule has 2 rings (SSSR count). The van der Waals surface area contributed by atoms with E-state index in [9.17, 15) is 0 Å². The minimum Gasteiger partial charge on any atom is -0.342 e. The first-order valence-corrected chi connectivity index (χ1v) is 5.31. The number of aromatic amines is 1. The highest BCUT2D eigenvalue weighted by Gasteiger charge is 2.01. The Bertz CT molecular complexity index is 494. The molecule has 0 atom stereocenters. The number of nitrogens with zero attached hydrogens (tertiary/aromatic N) is 1. The van der Waals surface area contributed by atoms with Crippen molar-refractivity contribution in [1.82, 2.24) is 9.97 Å². The molecule has 1 heterocycles. The highest BCUT2D eigenvalue weighted by molar-refractivity contribution is 5.75. The van der Waals surface area contributed by atoms with Crippen molar-refractivity contribution in [3.63, 3.8) is 0 Å². The molecule has 2 heteroatoms. The second-order valence-electron chi connectivity index (χ2n) is 3.95. The zero-order chi connectivity index (χ0) is 10.8. The molecule has 0 spiro atoms. The van der Waals surface area contributed by atoms with E-state index in [1.807, 2.05) is 6.92 Å². The van der Waals surface area contributed by atoms with E-state index >= 15 is 0 Å². The van der Waals surface area contributed by atoms with Gasteiger partial charge < -0.3 is 4.98 Å². The molecule has 2 aromatic rings. The van der Waals surface area contributed by atoms with Crippen molar-refractivity contribution < 1.29 is 0 Å². The minimum absolute atomic E-state index is 0.957. The number of benzene rings is 1. The van der Waals surface area contributed by atoms with Crippen molar-refractivity contribution >= 4 is 11.0 Å². The lowest BCUT2D eigenvalue weighted by atomic mass is 10.0. The second-order valence-corrected chi connectivity index (χ2v) is 3.95. The number of hydrogen-bond acceptors (Lipinski definition) is 1. The van der Waals surface area contributed by atoms with Crippen LogP contribution in [0, 0.1) is 6.92 Å². The molecule has 0 aliphatic heterocycles. The molecule has 0 saturated heterocycles. The van der Waals surface area contributed by atoms with Gasteiger partial charge in [0.05, 0.1) is 11.0 Å². The Balaban J connectivity index is 2.33. The van der Waals surface area contributed by atoms with Crippen LogP contribution in [-0.2, 0) is 6.42 Å². The molecule has 1 N–H and O–H groups in total. The first-order valence-electron chi connectivity index (χ1n) is 5.31. The summed E-state index contributed by atoms with van der Waals surface area (Å²) in [5.41, 5.74) is 4.72. The number of imidazole rings is 1. The highest BCUT2D eigenvalue weighted by Crippen LogP contribution is 2.16. The van der Waals surface area contributed by atoms with E-state index in [1.54, 1.807) is 0 Å². The van der Waals surface area contributed by atoms with Crippen molar-refractivity contribution in [2.45, 2.75) is 26.7 Å². The zero-order valence-corrected chi connectivity index (χ0v) is 9.30. The molecule has 0 unspecified atom stereocenters. The van der Waals surface area contributed by atoms with Crippen molar-refractivity contribution in [3.8, 4) is 0 Å². The predicted molar refractivity (Wildman–Crippen MR) is 64.0 cm³/mol. The monoisotopic (exact) mass is 200 g/mol. The summed E-state index contributed by atoms with van der Waals surface area (Å²) in [6.07, 6.45) is 2.00. The van der Waals surface area contributed by atoms with Crippen LogP contribution in [0.1, 0.15) is 24.7 Å². The SMILES string of the molecule is C=C(CC)Cc1ccc2[nH]c(C)nc2c1. The van der Waals surface area contributed by atoms with Crippen LogP contribution >= 0.6 is 0 Å². The second kappa shape index (κ2) is 3.89. The van der Waals surface area contributed by atoms with Gasteiger partial charge in [0.1, 0.15) is 5.82 Å². The fourth-order valence-corrected chi connectivity index (χ4v) is 1.70. The van der Waals surface area contributed by atoms with E-state index in [2.05, 4.69) is 41.7 Å². The topological polar surface area (TPSA) is 28.7 Å². The van der Waals surface area contributed by atoms with Crippen LogP contribution in [0.4, 0.5) is 0 Å². The van der Waals surface area contributed by atoms with Crippen LogP contribution in [0.5, 0.6) is 0 Å². The van der Waals surface area contributed by atoms with Crippen LogP contribution < -0.4 is 0 Å². The van der Waals surface area contributed by atoms with Crippen molar-refractivity contribution in [2.75, 3.05) is 0 Å². The lowest BCUT2D eigenvalue weighted by Crippen LogP contribution is -1.87. The third-order valence-corrected chi connectivity index (χ3v) is 2.62. The number of aromatic nitrogens is 2. The number of aryl methyl sites for hydroxylation is 1. The Hall–Kier alpha value is -1.57. The highest BCUT2D eigenvalue weighted by atomic mass is 14.9. The van der Waals surface area contributed by atoms with Crippen LogP contribution in [-0.4, -0.2) is 9.97 Å². The van der Waals surface area contributed by atoms with Gasteiger partial charge in [-0.2, -0.15) is 0 Å². The van der Waals surface area contributed by atoms with Crippen LogP contribution in [0.25, 0.3) is 11.0 Å². The van der Waals surface area contributed by atoms with E-state index in [0.717, 1.165) is 29.7 Å². The van der Waals surface area contributed by atoms with Gasteiger partial charge in [-0.25, -0.2) is 4.98 Å². The third kappa shape index (κ3) is 2.09. The summed E-state index contributed by atoms with van der Waals surface area (Å²) < 4.78 is 0. The molecule has 2 nitrogen and oxygen atoms in total. The van der Waals surface area contributed by atoms with Gasteiger partial charge in [0, 0.05) is 0 Å². The molecule has 78 valence electrons. The third-order valence-electron chi connectivity index (χ3n) is 2.62. The van der Waals surface area contributed by atoms with Gasteiger partial charge in [0.2, 0.25) is 0 Å². The quantitative estimate of drug-likeness (QED) is 0.756. The molecule has 0 radical (unpaired) electrons. The molecule has 0 bridgehead atoms. The molecule has 15 heavy (non-hydrogen) atoms. The molecular weight excluding hydrogens is 184 g/mol. The summed E-state index contributed by atoms with van der Waals surface area (Å²) >= 11 is 0. The standard InChI is InChI=1S/C13H16N2/c1-4-9(2)7-11-5-6-12-13(8-11)15-10(3)14-12/h5-6,8H,2,4,7H2,1,3H3,(H,14,15). The fraction of sp³-hybridized carbons (Fsp3) is 0.308. The summed E-state index contributed by atoms with van der Waals surface area (Å²) in [4.78, 5) is 7.64. The summed E-state index contributed by atoms with van der Waals surface area (Å²) in [6.45, 7) is 8.14. The van der Waals surface area contributed by atoms with Crippen molar-refractivity contribution in [2.24, 2.45) is 0 Å². The predicted octanol–water partition coefficient (Wildman–Crippen LogP) is 3.38. The summed E-state index contributed by atoms with van der Waals surface area (Å²) in [6, 6.07) is 6.37. The van der Waals surface area contributed by atoms with Crippen molar-refractivity contribution in [1.29, 1.82) is 0 Å². The van der Waals surface area contributed by atoms with Gasteiger partial charge in [-0.3, -0.25) is 0 Å². The number of H-pyrrole nitrogens is 1. The molecule has 0 aliphatic carbocycles.